The predicted octanol–water partition coefficient (Wildman–Crippen LogP) is -1.27. The molecular weight excluding hydrogens is 218 g/mol. The zero-order chi connectivity index (χ0) is 9.80. The monoisotopic (exact) mass is 235 g/mol. The number of carbonyl (C=O) groups excluding carboxylic acids is 1. The number of ether oxygens (including phenoxy) is 1. The molecule has 1 atom stereocenters. The zero-order valence-corrected chi connectivity index (χ0v) is 9.44. The minimum atomic E-state index is 0. The third-order valence-corrected chi connectivity index (χ3v) is 2.66. The molecule has 6 heteroatoms. The fourth-order valence-electron chi connectivity index (χ4n) is 1.58. The van der Waals surface area contributed by atoms with Crippen LogP contribution < -0.4 is 16.0 Å². The number of nitrogens with one attached hydrogen (secondary N) is 3. The third kappa shape index (κ3) is 3.61. The second-order valence-corrected chi connectivity index (χ2v) is 3.80. The van der Waals surface area contributed by atoms with Crippen LogP contribution in [0.5, 0.6) is 0 Å². The van der Waals surface area contributed by atoms with E-state index in [0.717, 1.165) is 32.8 Å². The lowest BCUT2D eigenvalue weighted by molar-refractivity contribution is -0.127. The van der Waals surface area contributed by atoms with Crippen LogP contribution in [0.25, 0.3) is 0 Å². The van der Waals surface area contributed by atoms with Crippen LogP contribution in [-0.4, -0.2) is 51.3 Å². The van der Waals surface area contributed by atoms with Crippen LogP contribution in [0.2, 0.25) is 0 Å². The van der Waals surface area contributed by atoms with Gasteiger partial charge in [-0.15, -0.1) is 12.4 Å². The maximum absolute atomic E-state index is 11.4. The molecular formula is C9H18ClN3O2. The Morgan fingerprint density at radius 1 is 1.33 bits per heavy atom. The van der Waals surface area contributed by atoms with Crippen LogP contribution in [0.4, 0.5) is 0 Å². The van der Waals surface area contributed by atoms with E-state index in [9.17, 15) is 4.79 Å². The van der Waals surface area contributed by atoms with Crippen molar-refractivity contribution in [3.05, 3.63) is 0 Å². The van der Waals surface area contributed by atoms with Gasteiger partial charge in [0.25, 0.3) is 0 Å². The molecule has 2 heterocycles. The molecule has 1 unspecified atom stereocenters. The highest BCUT2D eigenvalue weighted by Crippen LogP contribution is 2.02. The quantitative estimate of drug-likeness (QED) is 0.571. The van der Waals surface area contributed by atoms with Crippen LogP contribution in [0, 0.1) is 5.92 Å². The van der Waals surface area contributed by atoms with Gasteiger partial charge in [-0.25, -0.2) is 0 Å². The van der Waals surface area contributed by atoms with Crippen LogP contribution in [-0.2, 0) is 9.53 Å². The molecule has 1 amide bonds. The summed E-state index contributed by atoms with van der Waals surface area (Å²) in [6, 6.07) is 0. The van der Waals surface area contributed by atoms with Crippen molar-refractivity contribution in [2.24, 2.45) is 5.92 Å². The van der Waals surface area contributed by atoms with Crippen molar-refractivity contribution < 1.29 is 9.53 Å². The van der Waals surface area contributed by atoms with Gasteiger partial charge in [0.15, 0.2) is 0 Å². The number of hydrogen-bond donors (Lipinski definition) is 3. The molecule has 0 bridgehead atoms. The van der Waals surface area contributed by atoms with Gasteiger partial charge in [-0.1, -0.05) is 0 Å². The van der Waals surface area contributed by atoms with Crippen LogP contribution >= 0.6 is 12.4 Å². The highest BCUT2D eigenvalue weighted by molar-refractivity contribution is 5.85. The van der Waals surface area contributed by atoms with Gasteiger partial charge in [-0.2, -0.15) is 0 Å². The maximum Gasteiger partial charge on any atom is 0.225 e. The van der Waals surface area contributed by atoms with Gasteiger partial charge in [0.1, 0.15) is 0 Å². The SMILES string of the molecule is Cl.O=C(NCC1CNCCO1)C1CNC1. The molecule has 0 aromatic rings. The maximum atomic E-state index is 11.4. The van der Waals surface area contributed by atoms with E-state index in [1.165, 1.54) is 0 Å². The number of carbonyl (C=O) groups is 1. The molecule has 0 aliphatic carbocycles. The number of rotatable bonds is 3. The Hall–Kier alpha value is -0.360. The van der Waals surface area contributed by atoms with Gasteiger partial charge in [0, 0.05) is 32.7 Å². The molecule has 2 fully saturated rings. The minimum absolute atomic E-state index is 0. The van der Waals surface area contributed by atoms with E-state index in [1.807, 2.05) is 0 Å². The van der Waals surface area contributed by atoms with E-state index in [1.54, 1.807) is 0 Å². The summed E-state index contributed by atoms with van der Waals surface area (Å²) >= 11 is 0. The average Bonchev–Trinajstić information content (AvgIpc) is 2.14. The summed E-state index contributed by atoms with van der Waals surface area (Å²) in [7, 11) is 0. The van der Waals surface area contributed by atoms with Crippen molar-refractivity contribution >= 4 is 18.3 Å². The molecule has 0 radical (unpaired) electrons. The van der Waals surface area contributed by atoms with Gasteiger partial charge < -0.3 is 20.7 Å². The average molecular weight is 236 g/mol. The largest absolute Gasteiger partial charge is 0.374 e. The Bertz CT molecular complexity index is 206. The smallest absolute Gasteiger partial charge is 0.225 e. The van der Waals surface area contributed by atoms with Gasteiger partial charge in [-0.05, 0) is 0 Å². The molecule has 2 aliphatic heterocycles. The van der Waals surface area contributed by atoms with E-state index in [0.29, 0.717) is 6.54 Å². The van der Waals surface area contributed by atoms with Gasteiger partial charge in [0.05, 0.1) is 18.6 Å². The third-order valence-electron chi connectivity index (χ3n) is 2.66. The Morgan fingerprint density at radius 3 is 2.67 bits per heavy atom. The fourth-order valence-corrected chi connectivity index (χ4v) is 1.58. The van der Waals surface area contributed by atoms with Crippen LogP contribution in [0.15, 0.2) is 0 Å². The van der Waals surface area contributed by atoms with Crippen molar-refractivity contribution in [3.8, 4) is 0 Å². The molecule has 15 heavy (non-hydrogen) atoms. The van der Waals surface area contributed by atoms with E-state index < -0.39 is 0 Å². The summed E-state index contributed by atoms with van der Waals surface area (Å²) in [5, 5.41) is 9.21. The summed E-state index contributed by atoms with van der Waals surface area (Å²) in [6.45, 7) is 4.75. The predicted molar refractivity (Wildman–Crippen MR) is 59.2 cm³/mol. The molecule has 2 saturated heterocycles. The fraction of sp³-hybridized carbons (Fsp3) is 0.889. The first-order chi connectivity index (χ1) is 6.86. The van der Waals surface area contributed by atoms with E-state index in [4.69, 9.17) is 4.74 Å². The normalized spacial score (nSPS) is 26.3. The number of morpholine rings is 1. The van der Waals surface area contributed by atoms with Crippen molar-refractivity contribution in [2.75, 3.05) is 39.3 Å². The van der Waals surface area contributed by atoms with Crippen molar-refractivity contribution in [1.29, 1.82) is 0 Å². The topological polar surface area (TPSA) is 62.4 Å². The van der Waals surface area contributed by atoms with Crippen molar-refractivity contribution in [1.82, 2.24) is 16.0 Å². The van der Waals surface area contributed by atoms with Crippen LogP contribution in [0.3, 0.4) is 0 Å². The first-order valence-electron chi connectivity index (χ1n) is 5.17. The zero-order valence-electron chi connectivity index (χ0n) is 8.62. The Labute approximate surface area is 95.7 Å². The lowest BCUT2D eigenvalue weighted by Crippen LogP contribution is -2.53. The molecule has 0 spiro atoms. The Morgan fingerprint density at radius 2 is 2.13 bits per heavy atom. The molecule has 88 valence electrons. The molecule has 0 saturated carbocycles. The molecule has 3 N–H and O–H groups in total. The van der Waals surface area contributed by atoms with Crippen molar-refractivity contribution in [3.63, 3.8) is 0 Å². The Balaban J connectivity index is 0.00000112. The van der Waals surface area contributed by atoms with Crippen molar-refractivity contribution in [2.45, 2.75) is 6.10 Å². The summed E-state index contributed by atoms with van der Waals surface area (Å²) < 4.78 is 5.47. The molecule has 2 rings (SSSR count). The number of halogens is 1. The summed E-state index contributed by atoms with van der Waals surface area (Å²) in [5.74, 6) is 0.324. The Kier molecular flexibility index (Phi) is 5.31. The highest BCUT2D eigenvalue weighted by Gasteiger charge is 2.25. The summed E-state index contributed by atoms with van der Waals surface area (Å²) in [5.41, 5.74) is 0. The first-order valence-corrected chi connectivity index (χ1v) is 5.17. The summed E-state index contributed by atoms with van der Waals surface area (Å²) in [4.78, 5) is 11.4. The molecule has 0 aromatic carbocycles. The first kappa shape index (κ1) is 12.7. The number of amides is 1. The lowest BCUT2D eigenvalue weighted by Gasteiger charge is -2.28. The highest BCUT2D eigenvalue weighted by atomic mass is 35.5. The van der Waals surface area contributed by atoms with Crippen LogP contribution in [0.1, 0.15) is 0 Å². The van der Waals surface area contributed by atoms with E-state index in [2.05, 4.69) is 16.0 Å². The van der Waals surface area contributed by atoms with Gasteiger partial charge >= 0.3 is 0 Å². The van der Waals surface area contributed by atoms with Gasteiger partial charge in [0.2, 0.25) is 5.91 Å². The molecule has 2 aliphatic rings. The summed E-state index contributed by atoms with van der Waals surface area (Å²) in [6.07, 6.45) is 0.140. The standard InChI is InChI=1S/C9H17N3O2.ClH/c13-9(7-3-11-4-7)12-6-8-5-10-1-2-14-8;/h7-8,10-11H,1-6H2,(H,12,13);1H. The molecule has 5 nitrogen and oxygen atoms in total. The van der Waals surface area contributed by atoms with Gasteiger partial charge in [-0.3, -0.25) is 4.79 Å². The second kappa shape index (κ2) is 6.27. The lowest BCUT2D eigenvalue weighted by atomic mass is 10.0. The van der Waals surface area contributed by atoms with E-state index in [-0.39, 0.29) is 30.3 Å². The van der Waals surface area contributed by atoms with E-state index >= 15 is 0 Å². The number of hydrogen-bond acceptors (Lipinski definition) is 4. The second-order valence-electron chi connectivity index (χ2n) is 3.80. The minimum Gasteiger partial charge on any atom is -0.374 e. The molecule has 0 aromatic heterocycles.